The maximum Gasteiger partial charge on any atom is 0.226 e. The lowest BCUT2D eigenvalue weighted by Crippen LogP contribution is -2.27. The van der Waals surface area contributed by atoms with Crippen LogP contribution >= 0.6 is 11.6 Å². The number of hydrogen-bond donors (Lipinski definition) is 2. The Balaban J connectivity index is 2.02. The summed E-state index contributed by atoms with van der Waals surface area (Å²) in [6, 6.07) is 0.694. The summed E-state index contributed by atoms with van der Waals surface area (Å²) in [4.78, 5) is 12.4. The van der Waals surface area contributed by atoms with Crippen molar-refractivity contribution in [1.29, 1.82) is 0 Å². The third-order valence-corrected chi connectivity index (χ3v) is 3.72. The summed E-state index contributed by atoms with van der Waals surface area (Å²) in [6.07, 6.45) is 5.90. The Morgan fingerprint density at radius 3 is 2.67 bits per heavy atom. The zero-order chi connectivity index (χ0) is 12.7. The van der Waals surface area contributed by atoms with Gasteiger partial charge in [0.1, 0.15) is 5.52 Å². The van der Waals surface area contributed by atoms with Crippen molar-refractivity contribution >= 4 is 28.6 Å². The van der Waals surface area contributed by atoms with Crippen LogP contribution in [0.5, 0.6) is 0 Å². The first-order chi connectivity index (χ1) is 8.65. The van der Waals surface area contributed by atoms with Gasteiger partial charge in [0.25, 0.3) is 0 Å². The van der Waals surface area contributed by atoms with Crippen LogP contribution in [-0.2, 0) is 0 Å². The van der Waals surface area contributed by atoms with Crippen LogP contribution in [0.4, 0.5) is 5.82 Å². The van der Waals surface area contributed by atoms with Gasteiger partial charge in [-0.15, -0.1) is 0 Å². The van der Waals surface area contributed by atoms with Gasteiger partial charge in [-0.2, -0.15) is 9.97 Å². The molecule has 2 aromatic heterocycles. The molecule has 0 amide bonds. The molecule has 1 aliphatic carbocycles. The number of aromatic nitrogens is 4. The smallest absolute Gasteiger partial charge is 0.226 e. The second kappa shape index (κ2) is 4.37. The van der Waals surface area contributed by atoms with E-state index >= 15 is 0 Å². The van der Waals surface area contributed by atoms with Crippen molar-refractivity contribution in [3.05, 3.63) is 11.6 Å². The molecule has 2 aromatic rings. The minimum Gasteiger partial charge on any atom is -0.382 e. The molecule has 3 rings (SSSR count). The highest BCUT2D eigenvalue weighted by atomic mass is 35.5. The fourth-order valence-corrected chi connectivity index (χ4v) is 2.73. The van der Waals surface area contributed by atoms with Gasteiger partial charge in [0, 0.05) is 12.1 Å². The van der Waals surface area contributed by atoms with Crippen LogP contribution in [0.15, 0.2) is 6.33 Å². The van der Waals surface area contributed by atoms with E-state index < -0.39 is 0 Å². The number of hydrogen-bond acceptors (Lipinski definition) is 5. The molecule has 0 radical (unpaired) electrons. The monoisotopic (exact) mass is 266 g/mol. The van der Waals surface area contributed by atoms with Crippen molar-refractivity contribution in [3.8, 4) is 0 Å². The minimum atomic E-state index is 0.161. The number of nitrogens with zero attached hydrogens (tertiary/aromatic N) is 4. The predicted molar refractivity (Wildman–Crippen MR) is 70.2 cm³/mol. The molecule has 18 heavy (non-hydrogen) atoms. The van der Waals surface area contributed by atoms with Crippen LogP contribution in [0, 0.1) is 0 Å². The molecule has 0 aromatic carbocycles. The highest BCUT2D eigenvalue weighted by Gasteiger charge is 2.22. The molecular formula is C11H15ClN6. The summed E-state index contributed by atoms with van der Waals surface area (Å²) in [5.74, 6) is 0.330. The average Bonchev–Trinajstić information content (AvgIpc) is 2.74. The third kappa shape index (κ3) is 1.91. The molecule has 7 heteroatoms. The largest absolute Gasteiger partial charge is 0.382 e. The second-order valence-corrected chi connectivity index (χ2v) is 5.11. The van der Waals surface area contributed by atoms with Gasteiger partial charge in [0.15, 0.2) is 11.5 Å². The van der Waals surface area contributed by atoms with Crippen LogP contribution in [0.2, 0.25) is 5.28 Å². The van der Waals surface area contributed by atoms with Crippen LogP contribution < -0.4 is 11.5 Å². The van der Waals surface area contributed by atoms with Gasteiger partial charge < -0.3 is 16.0 Å². The number of halogens is 1. The molecule has 6 nitrogen and oxygen atoms in total. The molecule has 4 N–H and O–H groups in total. The Hall–Kier alpha value is -1.40. The predicted octanol–water partition coefficient (Wildman–Crippen LogP) is 1.50. The zero-order valence-electron chi connectivity index (χ0n) is 9.88. The number of anilines is 1. The maximum atomic E-state index is 5.92. The van der Waals surface area contributed by atoms with E-state index in [9.17, 15) is 0 Å². The van der Waals surface area contributed by atoms with Crippen LogP contribution in [0.25, 0.3) is 11.2 Å². The molecular weight excluding hydrogens is 252 g/mol. The van der Waals surface area contributed by atoms with Crippen molar-refractivity contribution < 1.29 is 0 Å². The summed E-state index contributed by atoms with van der Waals surface area (Å²) in [5, 5.41) is 0.161. The summed E-state index contributed by atoms with van der Waals surface area (Å²) in [6.45, 7) is 0. The number of imidazole rings is 1. The first-order valence-corrected chi connectivity index (χ1v) is 6.44. The van der Waals surface area contributed by atoms with Crippen LogP contribution in [-0.4, -0.2) is 25.6 Å². The van der Waals surface area contributed by atoms with E-state index in [4.69, 9.17) is 23.1 Å². The summed E-state index contributed by atoms with van der Waals surface area (Å²) >= 11 is 5.85. The second-order valence-electron chi connectivity index (χ2n) is 4.77. The van der Waals surface area contributed by atoms with Crippen LogP contribution in [0.3, 0.4) is 0 Å². The highest BCUT2D eigenvalue weighted by Crippen LogP contribution is 2.30. The standard InChI is InChI=1S/C11H15ClN6/c12-11-16-9(14)8-10(17-11)18(5-15-8)7-3-1-6(13)2-4-7/h5-7H,1-4,13H2,(H2,14,16,17)/t6-,7+. The molecule has 96 valence electrons. The molecule has 1 saturated carbocycles. The van der Waals surface area contributed by atoms with Gasteiger partial charge in [0.05, 0.1) is 6.33 Å². The van der Waals surface area contributed by atoms with Crippen molar-refractivity contribution in [2.24, 2.45) is 5.73 Å². The third-order valence-electron chi connectivity index (χ3n) is 3.56. The Bertz CT molecular complexity index is 572. The number of nitrogen functional groups attached to an aromatic ring is 1. The van der Waals surface area contributed by atoms with E-state index in [0.717, 1.165) is 25.7 Å². The zero-order valence-corrected chi connectivity index (χ0v) is 10.6. The van der Waals surface area contributed by atoms with Gasteiger partial charge in [-0.25, -0.2) is 4.98 Å². The maximum absolute atomic E-state index is 5.92. The first-order valence-electron chi connectivity index (χ1n) is 6.06. The Morgan fingerprint density at radius 2 is 1.94 bits per heavy atom. The van der Waals surface area contributed by atoms with Gasteiger partial charge in [-0.1, -0.05) is 0 Å². The fraction of sp³-hybridized carbons (Fsp3) is 0.545. The topological polar surface area (TPSA) is 95.6 Å². The van der Waals surface area contributed by atoms with E-state index in [1.54, 1.807) is 6.33 Å². The van der Waals surface area contributed by atoms with Gasteiger partial charge in [-0.05, 0) is 37.3 Å². The minimum absolute atomic E-state index is 0.161. The van der Waals surface area contributed by atoms with E-state index in [1.165, 1.54) is 0 Å². The number of nitrogens with two attached hydrogens (primary N) is 2. The molecule has 0 saturated heterocycles. The lowest BCUT2D eigenvalue weighted by atomic mass is 9.92. The van der Waals surface area contributed by atoms with Gasteiger partial charge >= 0.3 is 0 Å². The van der Waals surface area contributed by atoms with Crippen LogP contribution in [0.1, 0.15) is 31.7 Å². The molecule has 0 atom stereocenters. The van der Waals surface area contributed by atoms with Crippen molar-refractivity contribution in [3.63, 3.8) is 0 Å². The van der Waals surface area contributed by atoms with Crippen molar-refractivity contribution in [1.82, 2.24) is 19.5 Å². The van der Waals surface area contributed by atoms with E-state index in [-0.39, 0.29) is 5.28 Å². The Labute approximate surface area is 109 Å². The van der Waals surface area contributed by atoms with Crippen molar-refractivity contribution in [2.45, 2.75) is 37.8 Å². The lowest BCUT2D eigenvalue weighted by molar-refractivity contribution is 0.328. The molecule has 0 aliphatic heterocycles. The summed E-state index contributed by atoms with van der Waals surface area (Å²) in [7, 11) is 0. The molecule has 2 heterocycles. The number of fused-ring (bicyclic) bond motifs is 1. The van der Waals surface area contributed by atoms with E-state index in [0.29, 0.717) is 29.1 Å². The van der Waals surface area contributed by atoms with E-state index in [1.807, 2.05) is 4.57 Å². The molecule has 1 fully saturated rings. The first kappa shape index (κ1) is 11.7. The van der Waals surface area contributed by atoms with E-state index in [2.05, 4.69) is 15.0 Å². The fourth-order valence-electron chi connectivity index (χ4n) is 2.56. The van der Waals surface area contributed by atoms with Gasteiger partial charge in [-0.3, -0.25) is 0 Å². The molecule has 0 bridgehead atoms. The molecule has 0 unspecified atom stereocenters. The Morgan fingerprint density at radius 1 is 1.22 bits per heavy atom. The summed E-state index contributed by atoms with van der Waals surface area (Å²) in [5.41, 5.74) is 13.0. The normalized spacial score (nSPS) is 24.6. The summed E-state index contributed by atoms with van der Waals surface area (Å²) < 4.78 is 2.05. The van der Waals surface area contributed by atoms with Crippen molar-refractivity contribution in [2.75, 3.05) is 5.73 Å². The average molecular weight is 267 g/mol. The number of rotatable bonds is 1. The quantitative estimate of drug-likeness (QED) is 0.763. The van der Waals surface area contributed by atoms with Gasteiger partial charge in [0.2, 0.25) is 5.28 Å². The molecule has 0 spiro atoms. The Kier molecular flexibility index (Phi) is 2.83. The molecule has 1 aliphatic rings. The lowest BCUT2D eigenvalue weighted by Gasteiger charge is -2.27. The SMILES string of the molecule is Nc1nc(Cl)nc2c1ncn2[C@H]1CC[C@@H](N)CC1. The highest BCUT2D eigenvalue weighted by molar-refractivity contribution is 6.28.